The van der Waals surface area contributed by atoms with Crippen molar-refractivity contribution < 1.29 is 23.1 Å². The average Bonchev–Trinajstić information content (AvgIpc) is 2.96. The number of aromatic nitrogens is 2. The minimum atomic E-state index is -4.49. The first kappa shape index (κ1) is 17.2. The van der Waals surface area contributed by atoms with Crippen LogP contribution >= 0.6 is 0 Å². The third kappa shape index (κ3) is 3.41. The summed E-state index contributed by atoms with van der Waals surface area (Å²) in [6.45, 7) is -0.0181. The van der Waals surface area contributed by atoms with Crippen molar-refractivity contribution in [2.45, 2.75) is 24.7 Å². The molecule has 1 aromatic heterocycles. The van der Waals surface area contributed by atoms with Crippen LogP contribution in [0.3, 0.4) is 0 Å². The quantitative estimate of drug-likeness (QED) is 0.863. The minimum Gasteiger partial charge on any atom is -0.391 e. The molecule has 1 aliphatic heterocycles. The van der Waals surface area contributed by atoms with Gasteiger partial charge in [-0.15, -0.1) is 0 Å². The standard InChI is InChI=1S/C16H15F3N4O2/c17-16(18,19)10-3-1-2-9(6-10)12-7-11(24)8-23(12)15(25)13-14(20)22-5-4-21-13/h1-6,11-12,24H,7-8H2,(H2,20,22). The third-order valence-corrected chi connectivity index (χ3v) is 4.07. The number of β-amino-alcohol motifs (C(OH)–C–C–N with tert-alkyl or cyclic N) is 1. The Bertz CT molecular complexity index is 797. The Kier molecular flexibility index (Phi) is 4.34. The molecule has 1 fully saturated rings. The number of hydrogen-bond acceptors (Lipinski definition) is 5. The summed E-state index contributed by atoms with van der Waals surface area (Å²) in [4.78, 5) is 21.7. The van der Waals surface area contributed by atoms with Crippen molar-refractivity contribution in [1.29, 1.82) is 0 Å². The van der Waals surface area contributed by atoms with Crippen molar-refractivity contribution in [2.75, 3.05) is 12.3 Å². The number of nitrogens with two attached hydrogens (primary N) is 1. The molecule has 3 rings (SSSR count). The molecule has 0 aliphatic carbocycles. The van der Waals surface area contributed by atoms with E-state index in [1.807, 2.05) is 0 Å². The highest BCUT2D eigenvalue weighted by molar-refractivity contribution is 5.96. The normalized spacial score (nSPS) is 20.7. The number of nitrogen functional groups attached to an aromatic ring is 1. The number of alkyl halides is 3. The maximum absolute atomic E-state index is 12.9. The van der Waals surface area contributed by atoms with Gasteiger partial charge in [0.15, 0.2) is 11.5 Å². The molecule has 1 saturated heterocycles. The fourth-order valence-electron chi connectivity index (χ4n) is 2.93. The SMILES string of the molecule is Nc1nccnc1C(=O)N1CC(O)CC1c1cccc(C(F)(F)F)c1. The number of anilines is 1. The zero-order valence-electron chi connectivity index (χ0n) is 12.9. The first-order chi connectivity index (χ1) is 11.8. The highest BCUT2D eigenvalue weighted by Gasteiger charge is 2.38. The van der Waals surface area contributed by atoms with Gasteiger partial charge in [-0.05, 0) is 24.1 Å². The van der Waals surface area contributed by atoms with Gasteiger partial charge in [0, 0.05) is 18.9 Å². The molecule has 0 radical (unpaired) electrons. The van der Waals surface area contributed by atoms with Gasteiger partial charge in [0.2, 0.25) is 0 Å². The molecule has 132 valence electrons. The van der Waals surface area contributed by atoms with Crippen LogP contribution in [0.15, 0.2) is 36.7 Å². The first-order valence-electron chi connectivity index (χ1n) is 7.50. The summed E-state index contributed by atoms with van der Waals surface area (Å²) in [6, 6.07) is 4.02. The van der Waals surface area contributed by atoms with E-state index in [0.29, 0.717) is 5.56 Å². The molecule has 1 aromatic carbocycles. The fraction of sp³-hybridized carbons (Fsp3) is 0.312. The predicted molar refractivity (Wildman–Crippen MR) is 82.3 cm³/mol. The van der Waals surface area contributed by atoms with Gasteiger partial charge in [0.05, 0.1) is 17.7 Å². The van der Waals surface area contributed by atoms with E-state index in [4.69, 9.17) is 5.73 Å². The topological polar surface area (TPSA) is 92.3 Å². The number of amides is 1. The summed E-state index contributed by atoms with van der Waals surface area (Å²) < 4.78 is 38.8. The van der Waals surface area contributed by atoms with Crippen molar-refractivity contribution in [3.63, 3.8) is 0 Å². The summed E-state index contributed by atoms with van der Waals surface area (Å²) in [5.41, 5.74) is 5.05. The molecule has 1 aliphatic rings. The van der Waals surface area contributed by atoms with Gasteiger partial charge in [-0.3, -0.25) is 4.79 Å². The van der Waals surface area contributed by atoms with Crippen LogP contribution in [-0.2, 0) is 6.18 Å². The van der Waals surface area contributed by atoms with Gasteiger partial charge in [0.25, 0.3) is 5.91 Å². The second-order valence-electron chi connectivity index (χ2n) is 5.78. The van der Waals surface area contributed by atoms with Crippen LogP contribution in [0.2, 0.25) is 0 Å². The lowest BCUT2D eigenvalue weighted by atomic mass is 10.0. The van der Waals surface area contributed by atoms with E-state index in [1.165, 1.54) is 29.4 Å². The second-order valence-corrected chi connectivity index (χ2v) is 5.78. The van der Waals surface area contributed by atoms with E-state index in [2.05, 4.69) is 9.97 Å². The molecule has 0 saturated carbocycles. The number of likely N-dealkylation sites (tertiary alicyclic amines) is 1. The number of aliphatic hydroxyl groups is 1. The van der Waals surface area contributed by atoms with Crippen molar-refractivity contribution >= 4 is 11.7 Å². The Morgan fingerprint density at radius 2 is 2.00 bits per heavy atom. The first-order valence-corrected chi connectivity index (χ1v) is 7.50. The van der Waals surface area contributed by atoms with E-state index in [9.17, 15) is 23.1 Å². The number of nitrogens with zero attached hydrogens (tertiary/aromatic N) is 3. The van der Waals surface area contributed by atoms with E-state index in [-0.39, 0.29) is 24.5 Å². The Labute approximate surface area is 141 Å². The molecule has 1 amide bonds. The lowest BCUT2D eigenvalue weighted by Crippen LogP contribution is -2.33. The zero-order chi connectivity index (χ0) is 18.2. The molecule has 3 N–H and O–H groups in total. The molecular formula is C16H15F3N4O2. The summed E-state index contributed by atoms with van der Waals surface area (Å²) >= 11 is 0. The number of benzene rings is 1. The highest BCUT2D eigenvalue weighted by atomic mass is 19.4. The molecule has 0 spiro atoms. The molecule has 25 heavy (non-hydrogen) atoms. The smallest absolute Gasteiger partial charge is 0.391 e. The molecule has 2 atom stereocenters. The highest BCUT2D eigenvalue weighted by Crippen LogP contribution is 2.36. The average molecular weight is 352 g/mol. The van der Waals surface area contributed by atoms with E-state index in [1.54, 1.807) is 0 Å². The Hall–Kier alpha value is -2.68. The van der Waals surface area contributed by atoms with Gasteiger partial charge in [-0.1, -0.05) is 12.1 Å². The third-order valence-electron chi connectivity index (χ3n) is 4.07. The maximum atomic E-state index is 12.9. The second kappa shape index (κ2) is 6.32. The van der Waals surface area contributed by atoms with Crippen molar-refractivity contribution in [1.82, 2.24) is 14.9 Å². The molecule has 0 bridgehead atoms. The fourth-order valence-corrected chi connectivity index (χ4v) is 2.93. The zero-order valence-corrected chi connectivity index (χ0v) is 12.9. The minimum absolute atomic E-state index is 0.0181. The summed E-state index contributed by atoms with van der Waals surface area (Å²) in [5, 5.41) is 9.94. The van der Waals surface area contributed by atoms with Crippen LogP contribution in [0.4, 0.5) is 19.0 Å². The van der Waals surface area contributed by atoms with Gasteiger partial charge >= 0.3 is 6.18 Å². The van der Waals surface area contributed by atoms with Gasteiger partial charge in [-0.25, -0.2) is 9.97 Å². The Morgan fingerprint density at radius 3 is 2.68 bits per heavy atom. The molecule has 2 aromatic rings. The van der Waals surface area contributed by atoms with Gasteiger partial charge < -0.3 is 15.7 Å². The Balaban J connectivity index is 1.95. The monoisotopic (exact) mass is 352 g/mol. The molecule has 2 unspecified atom stereocenters. The van der Waals surface area contributed by atoms with Crippen molar-refractivity contribution in [2.24, 2.45) is 0 Å². The molecule has 9 heteroatoms. The summed E-state index contributed by atoms with van der Waals surface area (Å²) in [7, 11) is 0. The number of carbonyl (C=O) groups excluding carboxylic acids is 1. The Morgan fingerprint density at radius 1 is 1.28 bits per heavy atom. The van der Waals surface area contributed by atoms with Crippen LogP contribution in [0.5, 0.6) is 0 Å². The van der Waals surface area contributed by atoms with Gasteiger partial charge in [-0.2, -0.15) is 13.2 Å². The van der Waals surface area contributed by atoms with Crippen LogP contribution in [0.1, 0.15) is 34.1 Å². The molecule has 6 nitrogen and oxygen atoms in total. The van der Waals surface area contributed by atoms with E-state index < -0.39 is 29.8 Å². The number of aliphatic hydroxyl groups excluding tert-OH is 1. The largest absolute Gasteiger partial charge is 0.416 e. The summed E-state index contributed by atoms with van der Waals surface area (Å²) in [5.74, 6) is -0.652. The van der Waals surface area contributed by atoms with E-state index >= 15 is 0 Å². The molecular weight excluding hydrogens is 337 g/mol. The van der Waals surface area contributed by atoms with Crippen LogP contribution in [0, 0.1) is 0 Å². The lowest BCUT2D eigenvalue weighted by molar-refractivity contribution is -0.137. The number of halogens is 3. The van der Waals surface area contributed by atoms with E-state index in [0.717, 1.165) is 12.1 Å². The number of rotatable bonds is 2. The van der Waals surface area contributed by atoms with Crippen LogP contribution < -0.4 is 5.73 Å². The van der Waals surface area contributed by atoms with Crippen LogP contribution in [0.25, 0.3) is 0 Å². The predicted octanol–water partition coefficient (Wildman–Crippen LogP) is 2.03. The number of hydrogen-bond donors (Lipinski definition) is 2. The molecule has 2 heterocycles. The number of carbonyl (C=O) groups is 1. The van der Waals surface area contributed by atoms with Crippen LogP contribution in [-0.4, -0.2) is 38.5 Å². The van der Waals surface area contributed by atoms with Crippen molar-refractivity contribution in [3.05, 3.63) is 53.5 Å². The van der Waals surface area contributed by atoms with Gasteiger partial charge in [0.1, 0.15) is 0 Å². The summed E-state index contributed by atoms with van der Waals surface area (Å²) in [6.07, 6.45) is -2.57. The van der Waals surface area contributed by atoms with Crippen molar-refractivity contribution in [3.8, 4) is 0 Å². The lowest BCUT2D eigenvalue weighted by Gasteiger charge is -2.25. The maximum Gasteiger partial charge on any atom is 0.416 e.